The molecule has 25 heavy (non-hydrogen) atoms. The first-order valence-corrected chi connectivity index (χ1v) is 8.71. The maximum absolute atomic E-state index is 6.14. The summed E-state index contributed by atoms with van der Waals surface area (Å²) in [5, 5.41) is 1.50. The highest BCUT2D eigenvalue weighted by Gasteiger charge is 2.10. The van der Waals surface area contributed by atoms with E-state index in [2.05, 4.69) is 9.97 Å². The lowest BCUT2D eigenvalue weighted by molar-refractivity contribution is 0.306. The van der Waals surface area contributed by atoms with Gasteiger partial charge in [0.05, 0.1) is 17.8 Å². The molecule has 0 amide bonds. The van der Waals surface area contributed by atoms with Crippen molar-refractivity contribution in [2.24, 2.45) is 5.73 Å². The quantitative estimate of drug-likeness (QED) is 0.624. The smallest absolute Gasteiger partial charge is 0.221 e. The molecule has 0 saturated heterocycles. The molecule has 0 aliphatic carbocycles. The van der Waals surface area contributed by atoms with Crippen molar-refractivity contribution in [1.29, 1.82) is 0 Å². The number of ether oxygens (including phenoxy) is 1. The molecule has 4 N–H and O–H groups in total. The molecule has 0 radical (unpaired) electrons. The molecule has 0 bridgehead atoms. The Labute approximate surface area is 152 Å². The molecule has 3 rings (SSSR count). The van der Waals surface area contributed by atoms with Crippen LogP contribution in [-0.4, -0.2) is 23.1 Å². The molecule has 3 aromatic rings. The Bertz CT molecular complexity index is 869. The molecular weight excluding hydrogens is 336 g/mol. The van der Waals surface area contributed by atoms with Crippen LogP contribution in [0.15, 0.2) is 42.5 Å². The van der Waals surface area contributed by atoms with Gasteiger partial charge in [-0.25, -0.2) is 9.97 Å². The van der Waals surface area contributed by atoms with E-state index >= 15 is 0 Å². The van der Waals surface area contributed by atoms with E-state index in [1.165, 1.54) is 0 Å². The number of unbranched alkanes of at least 4 members (excludes halogenated alkanes) is 2. The predicted molar refractivity (Wildman–Crippen MR) is 103 cm³/mol. The summed E-state index contributed by atoms with van der Waals surface area (Å²) in [4.78, 5) is 8.68. The van der Waals surface area contributed by atoms with E-state index in [1.54, 1.807) is 6.07 Å². The van der Waals surface area contributed by atoms with Crippen molar-refractivity contribution in [1.82, 2.24) is 9.97 Å². The SMILES string of the molecule is NCCCCCOc1cccc(-c2nc(N)nc3ccc(Cl)cc23)c1. The van der Waals surface area contributed by atoms with E-state index in [0.29, 0.717) is 11.6 Å². The molecule has 5 nitrogen and oxygen atoms in total. The monoisotopic (exact) mass is 356 g/mol. The van der Waals surface area contributed by atoms with E-state index in [4.69, 9.17) is 27.8 Å². The van der Waals surface area contributed by atoms with Crippen molar-refractivity contribution >= 4 is 28.5 Å². The number of hydrogen-bond donors (Lipinski definition) is 2. The van der Waals surface area contributed by atoms with Gasteiger partial charge in [0, 0.05) is 16.0 Å². The van der Waals surface area contributed by atoms with Crippen molar-refractivity contribution < 1.29 is 4.74 Å². The third-order valence-electron chi connectivity index (χ3n) is 3.90. The van der Waals surface area contributed by atoms with Crippen LogP contribution in [0.5, 0.6) is 5.75 Å². The molecular formula is C19H21ClN4O. The zero-order valence-electron chi connectivity index (χ0n) is 13.9. The summed E-state index contributed by atoms with van der Waals surface area (Å²) in [7, 11) is 0. The fourth-order valence-corrected chi connectivity index (χ4v) is 2.86. The first-order valence-electron chi connectivity index (χ1n) is 8.33. The van der Waals surface area contributed by atoms with Crippen molar-refractivity contribution in [2.45, 2.75) is 19.3 Å². The average molecular weight is 357 g/mol. The molecule has 1 heterocycles. The molecule has 0 unspecified atom stereocenters. The molecule has 0 spiro atoms. The number of nitrogens with two attached hydrogens (primary N) is 2. The second-order valence-corrected chi connectivity index (χ2v) is 6.25. The maximum atomic E-state index is 6.14. The standard InChI is InChI=1S/C19H21ClN4O/c20-14-7-8-17-16(12-14)18(24-19(22)23-17)13-5-4-6-15(11-13)25-10-3-1-2-9-21/h4-8,11-12H,1-3,9-10,21H2,(H2,22,23,24). The van der Waals surface area contributed by atoms with Gasteiger partial charge in [0.15, 0.2) is 0 Å². The maximum Gasteiger partial charge on any atom is 0.221 e. The minimum Gasteiger partial charge on any atom is -0.494 e. The summed E-state index contributed by atoms with van der Waals surface area (Å²) < 4.78 is 5.84. The zero-order chi connectivity index (χ0) is 17.6. The van der Waals surface area contributed by atoms with Gasteiger partial charge >= 0.3 is 0 Å². The van der Waals surface area contributed by atoms with Gasteiger partial charge in [0.2, 0.25) is 5.95 Å². The molecule has 130 valence electrons. The Morgan fingerprint density at radius 1 is 1.00 bits per heavy atom. The first kappa shape index (κ1) is 17.5. The zero-order valence-corrected chi connectivity index (χ0v) is 14.7. The number of anilines is 1. The highest BCUT2D eigenvalue weighted by molar-refractivity contribution is 6.31. The number of halogens is 1. The molecule has 1 aromatic heterocycles. The summed E-state index contributed by atoms with van der Waals surface area (Å²) in [5.41, 5.74) is 13.8. The van der Waals surface area contributed by atoms with Crippen LogP contribution in [-0.2, 0) is 0 Å². The third-order valence-corrected chi connectivity index (χ3v) is 4.13. The normalized spacial score (nSPS) is 11.0. The van der Waals surface area contributed by atoms with Gasteiger partial charge in [-0.2, -0.15) is 0 Å². The molecule has 0 atom stereocenters. The van der Waals surface area contributed by atoms with Crippen LogP contribution in [0.2, 0.25) is 5.02 Å². The second-order valence-electron chi connectivity index (χ2n) is 5.82. The lowest BCUT2D eigenvalue weighted by Gasteiger charge is -2.10. The van der Waals surface area contributed by atoms with Crippen LogP contribution in [0, 0.1) is 0 Å². The van der Waals surface area contributed by atoms with Gasteiger partial charge in [-0.1, -0.05) is 23.7 Å². The van der Waals surface area contributed by atoms with Crippen molar-refractivity contribution in [3.05, 3.63) is 47.5 Å². The fourth-order valence-electron chi connectivity index (χ4n) is 2.69. The van der Waals surface area contributed by atoms with Crippen LogP contribution < -0.4 is 16.2 Å². The van der Waals surface area contributed by atoms with E-state index in [9.17, 15) is 0 Å². The lowest BCUT2D eigenvalue weighted by Crippen LogP contribution is -2.02. The van der Waals surface area contributed by atoms with Crippen molar-refractivity contribution in [3.8, 4) is 17.0 Å². The fraction of sp³-hybridized carbons (Fsp3) is 0.263. The largest absolute Gasteiger partial charge is 0.494 e. The Morgan fingerprint density at radius 3 is 2.72 bits per heavy atom. The van der Waals surface area contributed by atoms with Crippen LogP contribution in [0.4, 0.5) is 5.95 Å². The van der Waals surface area contributed by atoms with Gasteiger partial charge < -0.3 is 16.2 Å². The molecule has 0 aliphatic heterocycles. The molecule has 0 aliphatic rings. The number of hydrogen-bond acceptors (Lipinski definition) is 5. The average Bonchev–Trinajstić information content (AvgIpc) is 2.61. The topological polar surface area (TPSA) is 87.0 Å². The van der Waals surface area contributed by atoms with Crippen LogP contribution in [0.25, 0.3) is 22.2 Å². The Kier molecular flexibility index (Phi) is 5.68. The number of rotatable bonds is 7. The number of nitrogens with zero attached hydrogens (tertiary/aromatic N) is 2. The number of benzene rings is 2. The highest BCUT2D eigenvalue weighted by atomic mass is 35.5. The molecule has 0 fully saturated rings. The number of nitrogen functional groups attached to an aromatic ring is 1. The van der Waals surface area contributed by atoms with Crippen molar-refractivity contribution in [3.63, 3.8) is 0 Å². The van der Waals surface area contributed by atoms with Crippen LogP contribution >= 0.6 is 11.6 Å². The van der Waals surface area contributed by atoms with Gasteiger partial charge in [-0.05, 0) is 56.1 Å². The van der Waals surface area contributed by atoms with E-state index in [0.717, 1.165) is 53.7 Å². The summed E-state index contributed by atoms with van der Waals surface area (Å²) in [6, 6.07) is 13.3. The summed E-state index contributed by atoms with van der Waals surface area (Å²) in [6.07, 6.45) is 3.08. The van der Waals surface area contributed by atoms with Gasteiger partial charge in [-0.15, -0.1) is 0 Å². The summed E-state index contributed by atoms with van der Waals surface area (Å²) in [5.74, 6) is 1.04. The minimum atomic E-state index is 0.234. The van der Waals surface area contributed by atoms with Crippen LogP contribution in [0.3, 0.4) is 0 Å². The lowest BCUT2D eigenvalue weighted by atomic mass is 10.1. The Balaban J connectivity index is 1.88. The molecule has 2 aromatic carbocycles. The summed E-state index contributed by atoms with van der Waals surface area (Å²) in [6.45, 7) is 1.39. The second kappa shape index (κ2) is 8.14. The highest BCUT2D eigenvalue weighted by Crippen LogP contribution is 2.30. The summed E-state index contributed by atoms with van der Waals surface area (Å²) >= 11 is 6.14. The molecule has 6 heteroatoms. The Morgan fingerprint density at radius 2 is 1.88 bits per heavy atom. The van der Waals surface area contributed by atoms with Crippen molar-refractivity contribution in [2.75, 3.05) is 18.9 Å². The first-order chi connectivity index (χ1) is 12.2. The van der Waals surface area contributed by atoms with E-state index < -0.39 is 0 Å². The number of aromatic nitrogens is 2. The predicted octanol–water partition coefficient (Wildman–Crippen LogP) is 4.04. The van der Waals surface area contributed by atoms with Gasteiger partial charge in [-0.3, -0.25) is 0 Å². The third kappa shape index (κ3) is 4.38. The van der Waals surface area contributed by atoms with E-state index in [1.807, 2.05) is 36.4 Å². The van der Waals surface area contributed by atoms with Gasteiger partial charge in [0.1, 0.15) is 5.75 Å². The van der Waals surface area contributed by atoms with E-state index in [-0.39, 0.29) is 5.95 Å². The Hall–Kier alpha value is -2.37. The van der Waals surface area contributed by atoms with Gasteiger partial charge in [0.25, 0.3) is 0 Å². The number of fused-ring (bicyclic) bond motifs is 1. The van der Waals surface area contributed by atoms with Crippen LogP contribution in [0.1, 0.15) is 19.3 Å². The molecule has 0 saturated carbocycles. The minimum absolute atomic E-state index is 0.234.